The maximum atomic E-state index is 11.0. The molecule has 0 saturated heterocycles. The summed E-state index contributed by atoms with van der Waals surface area (Å²) in [4.78, 5) is 22.7. The van der Waals surface area contributed by atoms with Crippen LogP contribution in [-0.2, 0) is 9.59 Å². The molecule has 66 valence electrons. The predicted octanol–water partition coefficient (Wildman–Crippen LogP) is -0.328. The van der Waals surface area contributed by atoms with E-state index in [1.165, 1.54) is 17.1 Å². The number of carbonyl (C=O) groups excluding carboxylic acids is 2. The second-order valence-corrected chi connectivity index (χ2v) is 2.15. The molecule has 0 aromatic heterocycles. The SMILES string of the molecule is C=CCN(CC=C)C(=O)C(N)=O. The van der Waals surface area contributed by atoms with Gasteiger partial charge in [0.15, 0.2) is 0 Å². The van der Waals surface area contributed by atoms with Crippen molar-refractivity contribution in [2.24, 2.45) is 5.73 Å². The highest BCUT2D eigenvalue weighted by atomic mass is 16.2. The van der Waals surface area contributed by atoms with Gasteiger partial charge in [0.1, 0.15) is 0 Å². The first-order valence-corrected chi connectivity index (χ1v) is 3.44. The Morgan fingerprint density at radius 2 is 1.67 bits per heavy atom. The summed E-state index contributed by atoms with van der Waals surface area (Å²) >= 11 is 0. The van der Waals surface area contributed by atoms with Crippen LogP contribution in [0.5, 0.6) is 0 Å². The molecule has 0 aliphatic heterocycles. The molecular weight excluding hydrogens is 156 g/mol. The van der Waals surface area contributed by atoms with E-state index in [-0.39, 0.29) is 0 Å². The zero-order valence-electron chi connectivity index (χ0n) is 6.82. The normalized spacial score (nSPS) is 8.67. The quantitative estimate of drug-likeness (QED) is 0.461. The van der Waals surface area contributed by atoms with Crippen molar-refractivity contribution in [3.63, 3.8) is 0 Å². The van der Waals surface area contributed by atoms with Crippen molar-refractivity contribution >= 4 is 11.8 Å². The molecule has 0 radical (unpaired) electrons. The smallest absolute Gasteiger partial charge is 0.312 e. The van der Waals surface area contributed by atoms with Crippen LogP contribution in [-0.4, -0.2) is 29.8 Å². The van der Waals surface area contributed by atoms with Gasteiger partial charge in [0.25, 0.3) is 0 Å². The average molecular weight is 168 g/mol. The third-order valence-corrected chi connectivity index (χ3v) is 1.20. The minimum absolute atomic E-state index is 0.299. The fraction of sp³-hybridized carbons (Fsp3) is 0.250. The highest BCUT2D eigenvalue weighted by Gasteiger charge is 2.15. The second kappa shape index (κ2) is 5.12. The van der Waals surface area contributed by atoms with E-state index in [9.17, 15) is 9.59 Å². The third kappa shape index (κ3) is 3.01. The Labute approximate surface area is 71.3 Å². The van der Waals surface area contributed by atoms with Crippen LogP contribution in [0.2, 0.25) is 0 Å². The maximum absolute atomic E-state index is 11.0. The molecule has 0 atom stereocenters. The van der Waals surface area contributed by atoms with Gasteiger partial charge in [0.2, 0.25) is 0 Å². The summed E-state index contributed by atoms with van der Waals surface area (Å²) in [7, 11) is 0. The Bertz CT molecular complexity index is 201. The van der Waals surface area contributed by atoms with Crippen LogP contribution >= 0.6 is 0 Å². The third-order valence-electron chi connectivity index (χ3n) is 1.20. The summed E-state index contributed by atoms with van der Waals surface area (Å²) in [5.41, 5.74) is 4.80. The van der Waals surface area contributed by atoms with E-state index in [2.05, 4.69) is 13.2 Å². The highest BCUT2D eigenvalue weighted by Crippen LogP contribution is 1.89. The fourth-order valence-electron chi connectivity index (χ4n) is 0.708. The van der Waals surface area contributed by atoms with Gasteiger partial charge in [-0.1, -0.05) is 12.2 Å². The molecule has 0 aromatic rings. The Balaban J connectivity index is 4.26. The monoisotopic (exact) mass is 168 g/mol. The standard InChI is InChI=1S/C8H12N2O2/c1-3-5-10(6-4-2)8(12)7(9)11/h3-4H,1-2,5-6H2,(H2,9,11). The molecule has 0 bridgehead atoms. The van der Waals surface area contributed by atoms with Crippen molar-refractivity contribution in [2.75, 3.05) is 13.1 Å². The number of hydrogen-bond donors (Lipinski definition) is 1. The van der Waals surface area contributed by atoms with Gasteiger partial charge in [-0.3, -0.25) is 9.59 Å². The largest absolute Gasteiger partial charge is 0.361 e. The average Bonchev–Trinajstić information content (AvgIpc) is 2.03. The zero-order valence-corrected chi connectivity index (χ0v) is 6.82. The molecule has 0 aromatic carbocycles. The van der Waals surface area contributed by atoms with E-state index < -0.39 is 11.8 Å². The number of nitrogens with two attached hydrogens (primary N) is 1. The van der Waals surface area contributed by atoms with Gasteiger partial charge in [-0.15, -0.1) is 13.2 Å². The van der Waals surface area contributed by atoms with Gasteiger partial charge in [-0.2, -0.15) is 0 Å². The van der Waals surface area contributed by atoms with E-state index in [4.69, 9.17) is 5.73 Å². The van der Waals surface area contributed by atoms with E-state index >= 15 is 0 Å². The molecule has 0 saturated carbocycles. The molecule has 0 rings (SSSR count). The molecule has 12 heavy (non-hydrogen) atoms. The van der Waals surface area contributed by atoms with E-state index in [0.717, 1.165) is 0 Å². The van der Waals surface area contributed by atoms with E-state index in [0.29, 0.717) is 13.1 Å². The number of amides is 2. The van der Waals surface area contributed by atoms with Crippen molar-refractivity contribution in [2.45, 2.75) is 0 Å². The Morgan fingerprint density at radius 1 is 1.25 bits per heavy atom. The molecule has 0 unspecified atom stereocenters. The van der Waals surface area contributed by atoms with Gasteiger partial charge in [-0.05, 0) is 0 Å². The molecule has 4 nitrogen and oxygen atoms in total. The second-order valence-electron chi connectivity index (χ2n) is 2.15. The molecule has 0 fully saturated rings. The summed E-state index contributed by atoms with van der Waals surface area (Å²) in [6.07, 6.45) is 3.04. The molecule has 0 aliphatic rings. The Morgan fingerprint density at radius 3 is 1.92 bits per heavy atom. The lowest BCUT2D eigenvalue weighted by molar-refractivity contribution is -0.143. The summed E-state index contributed by atoms with van der Waals surface area (Å²) in [5, 5.41) is 0. The number of primary amides is 1. The first kappa shape index (κ1) is 10.4. The highest BCUT2D eigenvalue weighted by molar-refractivity contribution is 6.34. The van der Waals surface area contributed by atoms with Crippen LogP contribution in [0.15, 0.2) is 25.3 Å². The first-order chi connectivity index (χ1) is 5.63. The summed E-state index contributed by atoms with van der Waals surface area (Å²) < 4.78 is 0. The van der Waals surface area contributed by atoms with Gasteiger partial charge < -0.3 is 10.6 Å². The van der Waals surface area contributed by atoms with Crippen molar-refractivity contribution in [3.8, 4) is 0 Å². The summed E-state index contributed by atoms with van der Waals surface area (Å²) in [6.45, 7) is 7.49. The maximum Gasteiger partial charge on any atom is 0.312 e. The molecule has 2 N–H and O–H groups in total. The lowest BCUT2D eigenvalue weighted by Gasteiger charge is -2.16. The van der Waals surface area contributed by atoms with Crippen molar-refractivity contribution in [1.29, 1.82) is 0 Å². The summed E-state index contributed by atoms with van der Waals surface area (Å²) in [5.74, 6) is -1.67. The molecular formula is C8H12N2O2. The van der Waals surface area contributed by atoms with Gasteiger partial charge in [0.05, 0.1) is 0 Å². The molecule has 0 aliphatic carbocycles. The lowest BCUT2D eigenvalue weighted by atomic mass is 10.4. The van der Waals surface area contributed by atoms with Crippen molar-refractivity contribution in [3.05, 3.63) is 25.3 Å². The Kier molecular flexibility index (Phi) is 4.45. The minimum Gasteiger partial charge on any atom is -0.361 e. The van der Waals surface area contributed by atoms with Gasteiger partial charge >= 0.3 is 11.8 Å². The molecule has 4 heteroatoms. The zero-order chi connectivity index (χ0) is 9.56. The van der Waals surface area contributed by atoms with E-state index in [1.54, 1.807) is 0 Å². The van der Waals surface area contributed by atoms with Crippen LogP contribution < -0.4 is 5.73 Å². The van der Waals surface area contributed by atoms with Crippen molar-refractivity contribution < 1.29 is 9.59 Å². The van der Waals surface area contributed by atoms with Crippen molar-refractivity contribution in [1.82, 2.24) is 4.90 Å². The van der Waals surface area contributed by atoms with Gasteiger partial charge in [0, 0.05) is 13.1 Å². The number of hydrogen-bond acceptors (Lipinski definition) is 2. The first-order valence-electron chi connectivity index (χ1n) is 3.44. The fourth-order valence-corrected chi connectivity index (χ4v) is 0.708. The van der Waals surface area contributed by atoms with Crippen LogP contribution in [0.1, 0.15) is 0 Å². The van der Waals surface area contributed by atoms with Crippen LogP contribution in [0.3, 0.4) is 0 Å². The minimum atomic E-state index is -0.960. The number of carbonyl (C=O) groups is 2. The lowest BCUT2D eigenvalue weighted by Crippen LogP contribution is -2.40. The van der Waals surface area contributed by atoms with Crippen LogP contribution in [0.4, 0.5) is 0 Å². The topological polar surface area (TPSA) is 63.4 Å². The molecule has 2 amide bonds. The summed E-state index contributed by atoms with van der Waals surface area (Å²) in [6, 6.07) is 0. The van der Waals surface area contributed by atoms with Gasteiger partial charge in [-0.25, -0.2) is 0 Å². The number of rotatable bonds is 4. The van der Waals surface area contributed by atoms with E-state index in [1.807, 2.05) is 0 Å². The molecule has 0 heterocycles. The Hall–Kier alpha value is -1.58. The van der Waals surface area contributed by atoms with Crippen LogP contribution in [0.25, 0.3) is 0 Å². The molecule has 0 spiro atoms. The number of nitrogens with zero attached hydrogens (tertiary/aromatic N) is 1. The predicted molar refractivity (Wildman–Crippen MR) is 46.2 cm³/mol. The van der Waals surface area contributed by atoms with Crippen LogP contribution in [0, 0.1) is 0 Å².